The van der Waals surface area contributed by atoms with Crippen LogP contribution in [-0.2, 0) is 14.3 Å². The number of likely N-dealkylation sites (tertiary alicyclic amines) is 1. The standard InChI is InChI=1S/C23H36N4O3/c1-17-13-18(2)15-27(14-17)23(29)19(3)25(4)16-22(28)24-20-5-7-21(8-6-20)26-9-11-30-12-10-26/h5-8,17-19H,9-16H2,1-4H3,(H,24,28)/t17-,18-,19+/m0/s1. The second-order valence-corrected chi connectivity index (χ2v) is 8.97. The van der Waals surface area contributed by atoms with Crippen LogP contribution in [0.5, 0.6) is 0 Å². The monoisotopic (exact) mass is 416 g/mol. The van der Waals surface area contributed by atoms with E-state index in [4.69, 9.17) is 4.74 Å². The minimum Gasteiger partial charge on any atom is -0.378 e. The SMILES string of the molecule is C[C@H]1C[C@H](C)CN(C(=O)[C@@H](C)N(C)CC(=O)Nc2ccc(N3CCOCC3)cc2)C1. The highest BCUT2D eigenvalue weighted by atomic mass is 16.5. The number of hydrogen-bond donors (Lipinski definition) is 1. The largest absolute Gasteiger partial charge is 0.378 e. The summed E-state index contributed by atoms with van der Waals surface area (Å²) >= 11 is 0. The van der Waals surface area contributed by atoms with Gasteiger partial charge in [0.05, 0.1) is 25.8 Å². The number of carbonyl (C=O) groups excluding carboxylic acids is 2. The number of amides is 2. The van der Waals surface area contributed by atoms with Gasteiger partial charge in [0.2, 0.25) is 11.8 Å². The lowest BCUT2D eigenvalue weighted by molar-refractivity contribution is -0.139. The zero-order valence-corrected chi connectivity index (χ0v) is 18.8. The highest BCUT2D eigenvalue weighted by Gasteiger charge is 2.30. The highest BCUT2D eigenvalue weighted by molar-refractivity contribution is 5.93. The lowest BCUT2D eigenvalue weighted by Gasteiger charge is -2.38. The van der Waals surface area contributed by atoms with E-state index in [9.17, 15) is 9.59 Å². The number of benzene rings is 1. The maximum absolute atomic E-state index is 12.9. The number of ether oxygens (including phenoxy) is 1. The van der Waals surface area contributed by atoms with Crippen LogP contribution in [0.15, 0.2) is 24.3 Å². The van der Waals surface area contributed by atoms with Gasteiger partial charge in [-0.05, 0) is 56.5 Å². The van der Waals surface area contributed by atoms with Crippen LogP contribution >= 0.6 is 0 Å². The van der Waals surface area contributed by atoms with Gasteiger partial charge in [-0.15, -0.1) is 0 Å². The van der Waals surface area contributed by atoms with Crippen LogP contribution in [0.4, 0.5) is 11.4 Å². The van der Waals surface area contributed by atoms with E-state index < -0.39 is 0 Å². The average Bonchev–Trinajstić information content (AvgIpc) is 2.73. The van der Waals surface area contributed by atoms with Gasteiger partial charge in [-0.3, -0.25) is 14.5 Å². The molecule has 0 unspecified atom stereocenters. The first-order chi connectivity index (χ1) is 14.3. The first-order valence-electron chi connectivity index (χ1n) is 11.0. The molecule has 2 aliphatic heterocycles. The first-order valence-corrected chi connectivity index (χ1v) is 11.0. The zero-order chi connectivity index (χ0) is 21.7. The molecule has 2 fully saturated rings. The molecule has 2 heterocycles. The Bertz CT molecular complexity index is 708. The minimum absolute atomic E-state index is 0.110. The number of likely N-dealkylation sites (N-methyl/N-ethyl adjacent to an activating group) is 1. The maximum atomic E-state index is 12.9. The normalized spacial score (nSPS) is 23.4. The van der Waals surface area contributed by atoms with Crippen LogP contribution in [0.2, 0.25) is 0 Å². The lowest BCUT2D eigenvalue weighted by atomic mass is 9.91. The van der Waals surface area contributed by atoms with Gasteiger partial charge in [0.15, 0.2) is 0 Å². The summed E-state index contributed by atoms with van der Waals surface area (Å²) in [6, 6.07) is 7.57. The van der Waals surface area contributed by atoms with Crippen LogP contribution in [0, 0.1) is 11.8 Å². The number of hydrogen-bond acceptors (Lipinski definition) is 5. The Morgan fingerprint density at radius 1 is 1.13 bits per heavy atom. The molecular formula is C23H36N4O3. The number of rotatable bonds is 6. The molecule has 0 bridgehead atoms. The molecule has 166 valence electrons. The van der Waals surface area contributed by atoms with E-state index in [0.29, 0.717) is 11.8 Å². The highest BCUT2D eigenvalue weighted by Crippen LogP contribution is 2.22. The van der Waals surface area contributed by atoms with Crippen LogP contribution in [0.25, 0.3) is 0 Å². The maximum Gasteiger partial charge on any atom is 0.239 e. The molecular weight excluding hydrogens is 380 g/mol. The van der Waals surface area contributed by atoms with Crippen molar-refractivity contribution in [2.45, 2.75) is 33.2 Å². The average molecular weight is 417 g/mol. The molecule has 2 amide bonds. The Morgan fingerprint density at radius 3 is 2.33 bits per heavy atom. The summed E-state index contributed by atoms with van der Waals surface area (Å²) in [5.41, 5.74) is 1.90. The number of morpholine rings is 1. The predicted molar refractivity (Wildman–Crippen MR) is 120 cm³/mol. The van der Waals surface area contributed by atoms with Gasteiger partial charge in [0.1, 0.15) is 0 Å². The van der Waals surface area contributed by atoms with Crippen molar-refractivity contribution in [3.63, 3.8) is 0 Å². The van der Waals surface area contributed by atoms with Gasteiger partial charge in [-0.1, -0.05) is 13.8 Å². The molecule has 7 nitrogen and oxygen atoms in total. The molecule has 3 rings (SSSR count). The zero-order valence-electron chi connectivity index (χ0n) is 18.8. The van der Waals surface area contributed by atoms with Crippen molar-refractivity contribution in [3.05, 3.63) is 24.3 Å². The van der Waals surface area contributed by atoms with Crippen molar-refractivity contribution in [3.8, 4) is 0 Å². The van der Waals surface area contributed by atoms with E-state index in [2.05, 4.69) is 24.1 Å². The number of nitrogens with one attached hydrogen (secondary N) is 1. The third kappa shape index (κ3) is 5.95. The third-order valence-electron chi connectivity index (χ3n) is 6.12. The van der Waals surface area contributed by atoms with Gasteiger partial charge in [0.25, 0.3) is 0 Å². The summed E-state index contributed by atoms with van der Waals surface area (Å²) in [5.74, 6) is 1.05. The first kappa shape index (κ1) is 22.6. The number of piperidine rings is 1. The minimum atomic E-state index is -0.322. The summed E-state index contributed by atoms with van der Waals surface area (Å²) in [6.07, 6.45) is 1.17. The quantitative estimate of drug-likeness (QED) is 0.771. The molecule has 1 N–H and O–H groups in total. The fourth-order valence-electron chi connectivity index (χ4n) is 4.44. The van der Waals surface area contributed by atoms with Gasteiger partial charge in [-0.25, -0.2) is 0 Å². The summed E-state index contributed by atoms with van der Waals surface area (Å²) in [5, 5.41) is 2.94. The second-order valence-electron chi connectivity index (χ2n) is 8.97. The van der Waals surface area contributed by atoms with Crippen LogP contribution in [0.3, 0.4) is 0 Å². The molecule has 2 saturated heterocycles. The molecule has 0 saturated carbocycles. The molecule has 3 atom stereocenters. The van der Waals surface area contributed by atoms with Crippen LogP contribution in [-0.4, -0.2) is 80.6 Å². The fourth-order valence-corrected chi connectivity index (χ4v) is 4.44. The van der Waals surface area contributed by atoms with E-state index in [1.165, 1.54) is 6.42 Å². The molecule has 0 aromatic heterocycles. The molecule has 0 aliphatic carbocycles. The topological polar surface area (TPSA) is 65.1 Å². The number of anilines is 2. The van der Waals surface area contributed by atoms with E-state index in [0.717, 1.165) is 50.8 Å². The van der Waals surface area contributed by atoms with Crippen molar-refractivity contribution >= 4 is 23.2 Å². The van der Waals surface area contributed by atoms with Gasteiger partial charge in [-0.2, -0.15) is 0 Å². The Balaban J connectivity index is 1.49. The lowest BCUT2D eigenvalue weighted by Crippen LogP contribution is -2.51. The molecule has 2 aliphatic rings. The Kier molecular flexibility index (Phi) is 7.72. The van der Waals surface area contributed by atoms with E-state index >= 15 is 0 Å². The van der Waals surface area contributed by atoms with Crippen molar-refractivity contribution in [2.75, 3.05) is 63.2 Å². The van der Waals surface area contributed by atoms with Crippen molar-refractivity contribution < 1.29 is 14.3 Å². The second kappa shape index (κ2) is 10.3. The summed E-state index contributed by atoms with van der Waals surface area (Å²) in [7, 11) is 1.83. The van der Waals surface area contributed by atoms with Crippen molar-refractivity contribution in [1.29, 1.82) is 0 Å². The van der Waals surface area contributed by atoms with E-state index in [-0.39, 0.29) is 24.4 Å². The predicted octanol–water partition coefficient (Wildman–Crippen LogP) is 2.29. The Labute approximate surface area is 180 Å². The van der Waals surface area contributed by atoms with Crippen molar-refractivity contribution in [1.82, 2.24) is 9.80 Å². The summed E-state index contributed by atoms with van der Waals surface area (Å²) in [4.78, 5) is 31.5. The van der Waals surface area contributed by atoms with Gasteiger partial charge in [0, 0.05) is 37.6 Å². The number of nitrogens with zero attached hydrogens (tertiary/aromatic N) is 3. The third-order valence-corrected chi connectivity index (χ3v) is 6.12. The molecule has 0 spiro atoms. The molecule has 1 aromatic rings. The summed E-state index contributed by atoms with van der Waals surface area (Å²) in [6.45, 7) is 11.3. The van der Waals surface area contributed by atoms with Crippen molar-refractivity contribution in [2.24, 2.45) is 11.8 Å². The molecule has 1 aromatic carbocycles. The smallest absolute Gasteiger partial charge is 0.239 e. The van der Waals surface area contributed by atoms with E-state index in [1.807, 2.05) is 48.0 Å². The van der Waals surface area contributed by atoms with Crippen LogP contribution < -0.4 is 10.2 Å². The van der Waals surface area contributed by atoms with Crippen LogP contribution in [0.1, 0.15) is 27.2 Å². The molecule has 0 radical (unpaired) electrons. The van der Waals surface area contributed by atoms with Gasteiger partial charge < -0.3 is 19.9 Å². The molecule has 30 heavy (non-hydrogen) atoms. The molecule has 7 heteroatoms. The number of carbonyl (C=O) groups is 2. The summed E-state index contributed by atoms with van der Waals surface area (Å²) < 4.78 is 5.39. The van der Waals surface area contributed by atoms with E-state index in [1.54, 1.807) is 0 Å². The Morgan fingerprint density at radius 2 is 1.73 bits per heavy atom. The Hall–Kier alpha value is -2.12. The fraction of sp³-hybridized carbons (Fsp3) is 0.652. The van der Waals surface area contributed by atoms with Gasteiger partial charge >= 0.3 is 0 Å².